The highest BCUT2D eigenvalue weighted by atomic mass is 16.1. The van der Waals surface area contributed by atoms with Gasteiger partial charge in [-0.1, -0.05) is 0 Å². The molecule has 78 valence electrons. The van der Waals surface area contributed by atoms with Crippen molar-refractivity contribution in [2.75, 3.05) is 20.1 Å². The molecule has 0 unspecified atom stereocenters. The normalized spacial score (nSPS) is 12.5. The largest absolute Gasteiger partial charge is 0.368 e. The minimum Gasteiger partial charge on any atom is -0.368 e. The van der Waals surface area contributed by atoms with Crippen LogP contribution in [0.2, 0.25) is 0 Å². The molecule has 6 N–H and O–H groups in total. The van der Waals surface area contributed by atoms with Crippen LogP contribution in [0.3, 0.4) is 0 Å². The predicted octanol–water partition coefficient (Wildman–Crippen LogP) is -1.77. The average molecular weight is 189 g/mol. The van der Waals surface area contributed by atoms with Gasteiger partial charge in [-0.15, -0.1) is 0 Å². The molecule has 0 heterocycles. The Labute approximate surface area is 78.6 Å². The standard InChI is InChI=1S/C7H19N5O/c1-7(2,6(8)13)12(10)5-4-11(3)9/h4-5,9-10H2,1-3H3,(H2,8,13). The van der Waals surface area contributed by atoms with E-state index in [1.165, 1.54) is 10.0 Å². The lowest BCUT2D eigenvalue weighted by molar-refractivity contribution is -0.128. The first-order valence-electron chi connectivity index (χ1n) is 4.06. The Morgan fingerprint density at radius 3 is 2.08 bits per heavy atom. The average Bonchev–Trinajstić information content (AvgIpc) is 1.99. The van der Waals surface area contributed by atoms with Crippen molar-refractivity contribution < 1.29 is 4.79 Å². The highest BCUT2D eigenvalue weighted by molar-refractivity contribution is 5.83. The predicted molar refractivity (Wildman–Crippen MR) is 51.0 cm³/mol. The van der Waals surface area contributed by atoms with Crippen molar-refractivity contribution in [3.8, 4) is 0 Å². The maximum Gasteiger partial charge on any atom is 0.238 e. The van der Waals surface area contributed by atoms with Gasteiger partial charge in [0.25, 0.3) is 0 Å². The maximum atomic E-state index is 11.0. The van der Waals surface area contributed by atoms with Gasteiger partial charge in [0.05, 0.1) is 0 Å². The summed E-state index contributed by atoms with van der Waals surface area (Å²) in [7, 11) is 1.73. The molecule has 0 bridgehead atoms. The van der Waals surface area contributed by atoms with E-state index in [1.807, 2.05) is 0 Å². The topological polar surface area (TPSA) is 102 Å². The zero-order valence-electron chi connectivity index (χ0n) is 8.45. The van der Waals surface area contributed by atoms with Crippen LogP contribution in [0.5, 0.6) is 0 Å². The molecule has 0 fully saturated rings. The van der Waals surface area contributed by atoms with Gasteiger partial charge in [0.15, 0.2) is 0 Å². The Kier molecular flexibility index (Phi) is 4.28. The molecule has 13 heavy (non-hydrogen) atoms. The summed E-state index contributed by atoms with van der Waals surface area (Å²) in [5, 5.41) is 2.88. The highest BCUT2D eigenvalue weighted by Gasteiger charge is 2.30. The number of hydrazine groups is 2. The van der Waals surface area contributed by atoms with Crippen molar-refractivity contribution >= 4 is 5.91 Å². The van der Waals surface area contributed by atoms with E-state index in [0.717, 1.165) is 0 Å². The van der Waals surface area contributed by atoms with E-state index >= 15 is 0 Å². The van der Waals surface area contributed by atoms with E-state index < -0.39 is 11.4 Å². The van der Waals surface area contributed by atoms with E-state index in [0.29, 0.717) is 13.1 Å². The summed E-state index contributed by atoms with van der Waals surface area (Å²) in [5.74, 6) is 10.6. The first-order chi connectivity index (χ1) is 5.78. The number of nitrogens with two attached hydrogens (primary N) is 3. The molecule has 0 rings (SSSR count). The van der Waals surface area contributed by atoms with Gasteiger partial charge in [-0.2, -0.15) is 0 Å². The molecule has 0 saturated heterocycles. The highest BCUT2D eigenvalue weighted by Crippen LogP contribution is 2.08. The summed E-state index contributed by atoms with van der Waals surface area (Å²) in [5.41, 5.74) is 4.33. The van der Waals surface area contributed by atoms with Gasteiger partial charge in [0.2, 0.25) is 5.91 Å². The van der Waals surface area contributed by atoms with Gasteiger partial charge in [0, 0.05) is 20.1 Å². The van der Waals surface area contributed by atoms with Crippen LogP contribution >= 0.6 is 0 Å². The Morgan fingerprint density at radius 2 is 1.77 bits per heavy atom. The van der Waals surface area contributed by atoms with Crippen molar-refractivity contribution in [2.45, 2.75) is 19.4 Å². The second kappa shape index (κ2) is 4.52. The molecule has 6 nitrogen and oxygen atoms in total. The fraction of sp³-hybridized carbons (Fsp3) is 0.857. The number of hydrogen-bond donors (Lipinski definition) is 3. The molecule has 0 aromatic carbocycles. The summed E-state index contributed by atoms with van der Waals surface area (Å²) >= 11 is 0. The quantitative estimate of drug-likeness (QED) is 0.351. The Bertz CT molecular complexity index is 180. The molecule has 0 aliphatic carbocycles. The first-order valence-corrected chi connectivity index (χ1v) is 4.06. The monoisotopic (exact) mass is 189 g/mol. The lowest BCUT2D eigenvalue weighted by Gasteiger charge is -2.32. The molecule has 0 radical (unpaired) electrons. The number of nitrogens with zero attached hydrogens (tertiary/aromatic N) is 2. The molecule has 1 amide bonds. The Morgan fingerprint density at radius 1 is 1.31 bits per heavy atom. The number of carbonyl (C=O) groups excluding carboxylic acids is 1. The third-order valence-electron chi connectivity index (χ3n) is 2.01. The third kappa shape index (κ3) is 3.69. The summed E-state index contributed by atoms with van der Waals surface area (Å²) < 4.78 is 0. The van der Waals surface area contributed by atoms with Crippen molar-refractivity contribution in [3.05, 3.63) is 0 Å². The Hall–Kier alpha value is -0.690. The number of hydrogen-bond acceptors (Lipinski definition) is 5. The SMILES string of the molecule is CN(N)CCN(N)C(C)(C)C(N)=O. The Balaban J connectivity index is 4.09. The number of carbonyl (C=O) groups is 1. The van der Waals surface area contributed by atoms with Crippen LogP contribution in [0.15, 0.2) is 0 Å². The minimum absolute atomic E-state index is 0.449. The molecule has 0 aliphatic rings. The van der Waals surface area contributed by atoms with E-state index in [1.54, 1.807) is 20.9 Å². The van der Waals surface area contributed by atoms with Crippen LogP contribution in [0.4, 0.5) is 0 Å². The van der Waals surface area contributed by atoms with Gasteiger partial charge in [0.1, 0.15) is 5.54 Å². The third-order valence-corrected chi connectivity index (χ3v) is 2.01. The molecule has 0 aromatic heterocycles. The van der Waals surface area contributed by atoms with Crippen molar-refractivity contribution in [1.82, 2.24) is 10.0 Å². The van der Waals surface area contributed by atoms with Crippen LogP contribution in [-0.4, -0.2) is 41.6 Å². The van der Waals surface area contributed by atoms with Crippen LogP contribution in [0.25, 0.3) is 0 Å². The number of rotatable bonds is 5. The zero-order valence-corrected chi connectivity index (χ0v) is 8.45. The second-order valence-corrected chi connectivity index (χ2v) is 3.60. The lowest BCUT2D eigenvalue weighted by Crippen LogP contribution is -2.58. The molecule has 0 aliphatic heterocycles. The maximum absolute atomic E-state index is 11.0. The smallest absolute Gasteiger partial charge is 0.238 e. The van der Waals surface area contributed by atoms with Crippen molar-refractivity contribution in [3.63, 3.8) is 0 Å². The van der Waals surface area contributed by atoms with Crippen LogP contribution in [-0.2, 0) is 4.79 Å². The van der Waals surface area contributed by atoms with Gasteiger partial charge in [-0.3, -0.25) is 16.5 Å². The summed E-state index contributed by atoms with van der Waals surface area (Å²) in [4.78, 5) is 11.0. The van der Waals surface area contributed by atoms with E-state index in [-0.39, 0.29) is 0 Å². The lowest BCUT2D eigenvalue weighted by atomic mass is 10.0. The van der Waals surface area contributed by atoms with Gasteiger partial charge in [-0.25, -0.2) is 10.0 Å². The van der Waals surface area contributed by atoms with Crippen molar-refractivity contribution in [1.29, 1.82) is 0 Å². The summed E-state index contributed by atoms with van der Waals surface area (Å²) in [6.07, 6.45) is 0. The minimum atomic E-state index is -0.837. The molecular formula is C7H19N5O. The van der Waals surface area contributed by atoms with E-state index in [2.05, 4.69) is 0 Å². The molecule has 0 atom stereocenters. The van der Waals surface area contributed by atoms with Gasteiger partial charge in [-0.05, 0) is 13.8 Å². The summed E-state index contributed by atoms with van der Waals surface area (Å²) in [6, 6.07) is 0. The fourth-order valence-corrected chi connectivity index (χ4v) is 0.687. The zero-order chi connectivity index (χ0) is 10.6. The number of likely N-dealkylation sites (N-methyl/N-ethyl adjacent to an activating group) is 1. The van der Waals surface area contributed by atoms with Crippen LogP contribution < -0.4 is 17.4 Å². The molecule has 0 spiro atoms. The second-order valence-electron chi connectivity index (χ2n) is 3.60. The molecule has 0 aromatic rings. The molecular weight excluding hydrogens is 170 g/mol. The van der Waals surface area contributed by atoms with E-state index in [4.69, 9.17) is 17.4 Å². The van der Waals surface area contributed by atoms with E-state index in [9.17, 15) is 4.79 Å². The van der Waals surface area contributed by atoms with Crippen molar-refractivity contribution in [2.24, 2.45) is 17.4 Å². The van der Waals surface area contributed by atoms with Crippen LogP contribution in [0.1, 0.15) is 13.8 Å². The first kappa shape index (κ1) is 12.3. The molecule has 6 heteroatoms. The number of primary amides is 1. The van der Waals surface area contributed by atoms with Crippen LogP contribution in [0, 0.1) is 0 Å². The van der Waals surface area contributed by atoms with Gasteiger partial charge >= 0.3 is 0 Å². The summed E-state index contributed by atoms with van der Waals surface area (Å²) in [6.45, 7) is 4.41. The van der Waals surface area contributed by atoms with Gasteiger partial charge < -0.3 is 5.73 Å². The number of amides is 1. The molecule has 0 saturated carbocycles. The fourth-order valence-electron chi connectivity index (χ4n) is 0.687.